The van der Waals surface area contributed by atoms with Gasteiger partial charge in [-0.05, 0) is 49.1 Å². The molecular weight excluding hydrogens is 352 g/mol. The Morgan fingerprint density at radius 2 is 1.89 bits per heavy atom. The largest absolute Gasteiger partial charge is 0.455 e. The Bertz CT molecular complexity index is 1330. The predicted molar refractivity (Wildman–Crippen MR) is 114 cm³/mol. The maximum absolute atomic E-state index is 6.31. The van der Waals surface area contributed by atoms with Crippen LogP contribution in [0.4, 0.5) is 0 Å². The predicted octanol–water partition coefficient (Wildman–Crippen LogP) is 7.00. The first-order chi connectivity index (χ1) is 13.0. The van der Waals surface area contributed by atoms with Gasteiger partial charge in [-0.2, -0.15) is 0 Å². The highest BCUT2D eigenvalue weighted by Crippen LogP contribution is 2.38. The highest BCUT2D eigenvalue weighted by molar-refractivity contribution is 7.18. The van der Waals surface area contributed by atoms with Crippen molar-refractivity contribution in [3.05, 3.63) is 58.7 Å². The summed E-state index contributed by atoms with van der Waals surface area (Å²) >= 11 is 1.72. The number of rotatable bonds is 2. The second-order valence-electron chi connectivity index (χ2n) is 7.41. The van der Waals surface area contributed by atoms with Gasteiger partial charge in [-0.3, -0.25) is 4.98 Å². The van der Waals surface area contributed by atoms with Gasteiger partial charge in [-0.1, -0.05) is 26.0 Å². The van der Waals surface area contributed by atoms with Gasteiger partial charge in [0.1, 0.15) is 11.2 Å². The molecule has 0 aliphatic heterocycles. The molecule has 0 amide bonds. The highest BCUT2D eigenvalue weighted by atomic mass is 32.1. The number of nitrogens with zero attached hydrogens (tertiary/aromatic N) is 2. The van der Waals surface area contributed by atoms with Crippen LogP contribution < -0.4 is 0 Å². The summed E-state index contributed by atoms with van der Waals surface area (Å²) in [6.07, 6.45) is 1.97. The summed E-state index contributed by atoms with van der Waals surface area (Å²) in [5.74, 6) is 0.461. The minimum atomic E-state index is 0.461. The summed E-state index contributed by atoms with van der Waals surface area (Å²) in [4.78, 5) is 9.30. The molecule has 0 radical (unpaired) electrons. The van der Waals surface area contributed by atoms with Crippen molar-refractivity contribution in [2.45, 2.75) is 33.6 Å². The SMILES string of the molecule is Cc1nc2cc3oc4c(-c5cc(C(C)C)c(C)cn5)cccc4c3cc2s1. The molecule has 0 atom stereocenters. The van der Waals surface area contributed by atoms with Crippen molar-refractivity contribution >= 4 is 43.5 Å². The van der Waals surface area contributed by atoms with Crippen molar-refractivity contribution < 1.29 is 4.42 Å². The summed E-state index contributed by atoms with van der Waals surface area (Å²) in [5, 5.41) is 3.34. The minimum absolute atomic E-state index is 0.461. The third kappa shape index (κ3) is 2.55. The van der Waals surface area contributed by atoms with Crippen LogP contribution in [0, 0.1) is 13.8 Å². The summed E-state index contributed by atoms with van der Waals surface area (Å²) < 4.78 is 7.51. The van der Waals surface area contributed by atoms with Crippen molar-refractivity contribution in [2.75, 3.05) is 0 Å². The molecule has 0 saturated heterocycles. The van der Waals surface area contributed by atoms with Gasteiger partial charge in [0.05, 0.1) is 20.9 Å². The first-order valence-corrected chi connectivity index (χ1v) is 10.0. The number of para-hydroxylation sites is 1. The molecular formula is C23H20N2OS. The van der Waals surface area contributed by atoms with Crippen molar-refractivity contribution in [1.82, 2.24) is 9.97 Å². The number of aromatic nitrogens is 2. The quantitative estimate of drug-likeness (QED) is 0.335. The van der Waals surface area contributed by atoms with E-state index in [2.05, 4.69) is 62.2 Å². The molecule has 3 heterocycles. The monoisotopic (exact) mass is 372 g/mol. The van der Waals surface area contributed by atoms with E-state index in [-0.39, 0.29) is 0 Å². The molecule has 0 unspecified atom stereocenters. The summed E-state index contributed by atoms with van der Waals surface area (Å²) in [7, 11) is 0. The number of thiazole rings is 1. The smallest absolute Gasteiger partial charge is 0.144 e. The van der Waals surface area contributed by atoms with E-state index in [1.165, 1.54) is 15.8 Å². The summed E-state index contributed by atoms with van der Waals surface area (Å²) in [6, 6.07) is 12.8. The Hall–Kier alpha value is -2.72. The lowest BCUT2D eigenvalue weighted by Crippen LogP contribution is -1.95. The molecule has 3 aromatic heterocycles. The van der Waals surface area contributed by atoms with E-state index in [4.69, 9.17) is 9.40 Å². The Balaban J connectivity index is 1.79. The average molecular weight is 372 g/mol. The number of hydrogen-bond acceptors (Lipinski definition) is 4. The van der Waals surface area contributed by atoms with Crippen LogP contribution in [0.25, 0.3) is 43.4 Å². The lowest BCUT2D eigenvalue weighted by atomic mass is 9.97. The summed E-state index contributed by atoms with van der Waals surface area (Å²) in [5.41, 5.74) is 7.34. The fraction of sp³-hybridized carbons (Fsp3) is 0.217. The van der Waals surface area contributed by atoms with Crippen molar-refractivity contribution in [3.63, 3.8) is 0 Å². The maximum atomic E-state index is 6.31. The number of benzene rings is 2. The van der Waals surface area contributed by atoms with Crippen molar-refractivity contribution in [1.29, 1.82) is 0 Å². The molecule has 0 aliphatic carbocycles. The molecule has 0 N–H and O–H groups in total. The van der Waals surface area contributed by atoms with E-state index in [1.807, 2.05) is 13.1 Å². The fourth-order valence-electron chi connectivity index (χ4n) is 3.84. The Morgan fingerprint density at radius 1 is 1.04 bits per heavy atom. The number of aryl methyl sites for hydroxylation is 2. The van der Waals surface area contributed by atoms with Crippen LogP contribution in [0.1, 0.15) is 35.9 Å². The van der Waals surface area contributed by atoms with Crippen molar-refractivity contribution in [2.24, 2.45) is 0 Å². The molecule has 5 rings (SSSR count). The van der Waals surface area contributed by atoms with E-state index in [0.717, 1.165) is 43.7 Å². The van der Waals surface area contributed by atoms with Gasteiger partial charge in [-0.25, -0.2) is 4.98 Å². The molecule has 0 spiro atoms. The second-order valence-corrected chi connectivity index (χ2v) is 8.65. The van der Waals surface area contributed by atoms with E-state index in [9.17, 15) is 0 Å². The van der Waals surface area contributed by atoms with E-state index in [0.29, 0.717) is 5.92 Å². The normalized spacial score (nSPS) is 12.0. The van der Waals surface area contributed by atoms with Crippen LogP contribution in [0.15, 0.2) is 47.0 Å². The van der Waals surface area contributed by atoms with Crippen LogP contribution in [-0.4, -0.2) is 9.97 Å². The Kier molecular flexibility index (Phi) is 3.59. The molecule has 4 heteroatoms. The molecule has 0 saturated carbocycles. The van der Waals surface area contributed by atoms with Crippen molar-refractivity contribution in [3.8, 4) is 11.3 Å². The van der Waals surface area contributed by atoms with Gasteiger partial charge >= 0.3 is 0 Å². The molecule has 134 valence electrons. The first-order valence-electron chi connectivity index (χ1n) is 9.20. The highest BCUT2D eigenvalue weighted by Gasteiger charge is 2.16. The van der Waals surface area contributed by atoms with E-state index in [1.54, 1.807) is 11.3 Å². The third-order valence-corrected chi connectivity index (χ3v) is 6.09. The molecule has 3 nitrogen and oxygen atoms in total. The summed E-state index contributed by atoms with van der Waals surface area (Å²) in [6.45, 7) is 8.60. The van der Waals surface area contributed by atoms with E-state index < -0.39 is 0 Å². The van der Waals surface area contributed by atoms with Crippen LogP contribution in [0.3, 0.4) is 0 Å². The Morgan fingerprint density at radius 3 is 2.70 bits per heavy atom. The molecule has 0 fully saturated rings. The third-order valence-electron chi connectivity index (χ3n) is 5.16. The van der Waals surface area contributed by atoms with E-state index >= 15 is 0 Å². The number of pyridine rings is 1. The van der Waals surface area contributed by atoms with Gasteiger partial charge in [-0.15, -0.1) is 11.3 Å². The number of furan rings is 1. The molecule has 27 heavy (non-hydrogen) atoms. The zero-order chi connectivity index (χ0) is 18.7. The lowest BCUT2D eigenvalue weighted by molar-refractivity contribution is 0.670. The second kappa shape index (κ2) is 5.89. The minimum Gasteiger partial charge on any atom is -0.455 e. The molecule has 0 bridgehead atoms. The zero-order valence-electron chi connectivity index (χ0n) is 15.8. The zero-order valence-corrected chi connectivity index (χ0v) is 16.6. The van der Waals surface area contributed by atoms with Crippen LogP contribution >= 0.6 is 11.3 Å². The first kappa shape index (κ1) is 16.5. The van der Waals surface area contributed by atoms with Crippen LogP contribution in [-0.2, 0) is 0 Å². The number of hydrogen-bond donors (Lipinski definition) is 0. The van der Waals surface area contributed by atoms with Crippen LogP contribution in [0.2, 0.25) is 0 Å². The Labute approximate surface area is 161 Å². The molecule has 5 aromatic rings. The molecule has 2 aromatic carbocycles. The fourth-order valence-corrected chi connectivity index (χ4v) is 4.69. The molecule has 0 aliphatic rings. The number of fused-ring (bicyclic) bond motifs is 4. The van der Waals surface area contributed by atoms with Gasteiger partial charge < -0.3 is 4.42 Å². The van der Waals surface area contributed by atoms with Crippen LogP contribution in [0.5, 0.6) is 0 Å². The average Bonchev–Trinajstić information content (AvgIpc) is 3.18. The van der Waals surface area contributed by atoms with Gasteiger partial charge in [0.15, 0.2) is 0 Å². The van der Waals surface area contributed by atoms with Gasteiger partial charge in [0, 0.05) is 28.6 Å². The maximum Gasteiger partial charge on any atom is 0.144 e. The topological polar surface area (TPSA) is 38.9 Å². The lowest BCUT2D eigenvalue weighted by Gasteiger charge is -2.11. The van der Waals surface area contributed by atoms with Gasteiger partial charge in [0.25, 0.3) is 0 Å². The van der Waals surface area contributed by atoms with Gasteiger partial charge in [0.2, 0.25) is 0 Å². The standard InChI is InChI=1S/C23H20N2OS/c1-12(2)17-8-19(24-11-13(17)3)16-7-5-6-15-18-9-22-20(25-14(4)27-22)10-21(18)26-23(15)16/h5-12H,1-4H3.